The predicted octanol–water partition coefficient (Wildman–Crippen LogP) is 3.81. The number of likely N-dealkylation sites (tertiary alicyclic amines) is 1. The molecule has 9 nitrogen and oxygen atoms in total. The minimum absolute atomic E-state index is 0.0148. The first-order chi connectivity index (χ1) is 17.0. The summed E-state index contributed by atoms with van der Waals surface area (Å²) in [5.74, 6) is 1.17. The third-order valence-corrected chi connectivity index (χ3v) is 6.86. The Morgan fingerprint density at radius 3 is 2.71 bits per heavy atom. The number of fused-ring (bicyclic) bond motifs is 1. The molecule has 3 N–H and O–H groups in total. The quantitative estimate of drug-likeness (QED) is 0.356. The first-order valence-electron chi connectivity index (χ1n) is 12.0. The van der Waals surface area contributed by atoms with Gasteiger partial charge in [-0.3, -0.25) is 4.79 Å². The van der Waals surface area contributed by atoms with Crippen LogP contribution < -0.4 is 15.4 Å². The molecule has 1 saturated heterocycles. The van der Waals surface area contributed by atoms with Gasteiger partial charge in [-0.15, -0.1) is 0 Å². The van der Waals surface area contributed by atoms with Crippen LogP contribution in [0.4, 0.5) is 5.69 Å². The van der Waals surface area contributed by atoms with Crippen molar-refractivity contribution in [1.29, 1.82) is 0 Å². The lowest BCUT2D eigenvalue weighted by molar-refractivity contribution is -0.124. The Bertz CT molecular complexity index is 1130. The summed E-state index contributed by atoms with van der Waals surface area (Å²) in [6.07, 6.45) is 4.79. The smallest absolute Gasteiger partial charge is 0.258 e. The first-order valence-corrected chi connectivity index (χ1v) is 12.8. The van der Waals surface area contributed by atoms with Gasteiger partial charge >= 0.3 is 0 Å². The Kier molecular flexibility index (Phi) is 8.59. The number of carbonyl (C=O) groups excluding carboxylic acids is 1. The molecule has 1 aliphatic heterocycles. The number of pyridine rings is 1. The summed E-state index contributed by atoms with van der Waals surface area (Å²) in [6.45, 7) is 4.60. The summed E-state index contributed by atoms with van der Waals surface area (Å²) in [4.78, 5) is 27.2. The van der Waals surface area contributed by atoms with Crippen LogP contribution in [0.3, 0.4) is 0 Å². The van der Waals surface area contributed by atoms with Crippen molar-refractivity contribution in [1.82, 2.24) is 25.2 Å². The first kappa shape index (κ1) is 25.4. The predicted molar refractivity (Wildman–Crippen MR) is 141 cm³/mol. The van der Waals surface area contributed by atoms with E-state index in [4.69, 9.17) is 14.5 Å². The average Bonchev–Trinajstić information content (AvgIpc) is 3.30. The van der Waals surface area contributed by atoms with Crippen LogP contribution >= 0.6 is 15.9 Å². The minimum atomic E-state index is -0.170. The van der Waals surface area contributed by atoms with E-state index in [1.165, 1.54) is 0 Å². The third kappa shape index (κ3) is 6.50. The second kappa shape index (κ2) is 11.8. The summed E-state index contributed by atoms with van der Waals surface area (Å²) in [6, 6.07) is 7.91. The standard InChI is InChI=1S/C25H33BrN6O3/c1-4-17(14-34-3)28-21(33)15-35-19-7-5-16(6-8-19)24-30-23-22(20(26)13-27-25(23)31-24)29-18-9-11-32(2)12-10-18/h5-8,13,17-18H,4,9-12,14-15H2,1-3H3,(H,28,33)(H2,27,29,30,31). The zero-order valence-electron chi connectivity index (χ0n) is 20.4. The molecular weight excluding hydrogens is 512 g/mol. The number of imidazole rings is 1. The number of aromatic amines is 1. The number of nitrogens with one attached hydrogen (secondary N) is 3. The average molecular weight is 545 g/mol. The lowest BCUT2D eigenvalue weighted by Crippen LogP contribution is -2.40. The number of rotatable bonds is 10. The van der Waals surface area contributed by atoms with Crippen molar-refractivity contribution in [3.63, 3.8) is 0 Å². The van der Waals surface area contributed by atoms with Gasteiger partial charge in [-0.05, 0) is 79.6 Å². The third-order valence-electron chi connectivity index (χ3n) is 6.26. The van der Waals surface area contributed by atoms with Crippen LogP contribution in [-0.2, 0) is 9.53 Å². The number of hydrogen-bond acceptors (Lipinski definition) is 7. The van der Waals surface area contributed by atoms with Gasteiger partial charge in [0.1, 0.15) is 17.1 Å². The number of hydrogen-bond donors (Lipinski definition) is 3. The highest BCUT2D eigenvalue weighted by molar-refractivity contribution is 9.10. The highest BCUT2D eigenvalue weighted by atomic mass is 79.9. The van der Waals surface area contributed by atoms with Gasteiger partial charge in [0, 0.05) is 24.9 Å². The molecule has 2 aromatic heterocycles. The lowest BCUT2D eigenvalue weighted by Gasteiger charge is -2.30. The van der Waals surface area contributed by atoms with Crippen LogP contribution in [-0.4, -0.2) is 78.3 Å². The van der Waals surface area contributed by atoms with Crippen molar-refractivity contribution in [2.75, 3.05) is 45.8 Å². The lowest BCUT2D eigenvalue weighted by atomic mass is 10.1. The van der Waals surface area contributed by atoms with E-state index in [1.54, 1.807) is 13.3 Å². The summed E-state index contributed by atoms with van der Waals surface area (Å²) in [5.41, 5.74) is 3.42. The number of halogens is 1. The highest BCUT2D eigenvalue weighted by Gasteiger charge is 2.20. The van der Waals surface area contributed by atoms with Gasteiger partial charge < -0.3 is 30.0 Å². The van der Waals surface area contributed by atoms with Crippen LogP contribution in [0.2, 0.25) is 0 Å². The maximum absolute atomic E-state index is 12.1. The number of nitrogens with zero attached hydrogens (tertiary/aromatic N) is 3. The van der Waals surface area contributed by atoms with Crippen molar-refractivity contribution in [2.24, 2.45) is 0 Å². The maximum atomic E-state index is 12.1. The molecule has 0 saturated carbocycles. The van der Waals surface area contributed by atoms with Crippen molar-refractivity contribution >= 4 is 38.7 Å². The van der Waals surface area contributed by atoms with E-state index in [0.717, 1.165) is 65.1 Å². The molecule has 1 fully saturated rings. The number of piperidine rings is 1. The second-order valence-electron chi connectivity index (χ2n) is 8.93. The largest absolute Gasteiger partial charge is 0.484 e. The molecule has 0 spiro atoms. The summed E-state index contributed by atoms with van der Waals surface area (Å²) >= 11 is 3.64. The van der Waals surface area contributed by atoms with Crippen molar-refractivity contribution in [3.05, 3.63) is 34.9 Å². The molecule has 188 valence electrons. The number of carbonyl (C=O) groups is 1. The highest BCUT2D eigenvalue weighted by Crippen LogP contribution is 2.32. The van der Waals surface area contributed by atoms with Gasteiger partial charge in [0.25, 0.3) is 5.91 Å². The molecule has 1 aromatic carbocycles. The van der Waals surface area contributed by atoms with Gasteiger partial charge in [0.05, 0.1) is 22.8 Å². The molecule has 1 aliphatic rings. The Morgan fingerprint density at radius 1 is 1.29 bits per heavy atom. The van der Waals surface area contributed by atoms with Gasteiger partial charge in [-0.2, -0.15) is 0 Å². The van der Waals surface area contributed by atoms with Crippen LogP contribution in [0, 0.1) is 0 Å². The zero-order chi connectivity index (χ0) is 24.8. The molecule has 1 atom stereocenters. The van der Waals surface area contributed by atoms with E-state index < -0.39 is 0 Å². The molecule has 0 radical (unpaired) electrons. The molecule has 4 rings (SSSR count). The molecule has 35 heavy (non-hydrogen) atoms. The van der Waals surface area contributed by atoms with E-state index in [9.17, 15) is 4.79 Å². The molecule has 1 amide bonds. The summed E-state index contributed by atoms with van der Waals surface area (Å²) < 4.78 is 11.7. The summed E-state index contributed by atoms with van der Waals surface area (Å²) in [5, 5.41) is 6.59. The van der Waals surface area contributed by atoms with Gasteiger partial charge in [-0.1, -0.05) is 6.92 Å². The zero-order valence-corrected chi connectivity index (χ0v) is 22.0. The molecule has 0 bridgehead atoms. The Morgan fingerprint density at radius 2 is 2.03 bits per heavy atom. The number of amides is 1. The number of methoxy groups -OCH3 is 1. The number of ether oxygens (including phenoxy) is 2. The second-order valence-corrected chi connectivity index (χ2v) is 9.78. The SMILES string of the molecule is CCC(COC)NC(=O)COc1ccc(-c2nc3c(NC4CCN(C)CC4)c(Br)cnc3[nH]2)cc1. The number of anilines is 1. The van der Waals surface area contributed by atoms with E-state index in [0.29, 0.717) is 18.4 Å². The fourth-order valence-electron chi connectivity index (χ4n) is 4.15. The summed E-state index contributed by atoms with van der Waals surface area (Å²) in [7, 11) is 3.78. The van der Waals surface area contributed by atoms with Crippen LogP contribution in [0.15, 0.2) is 34.9 Å². The Balaban J connectivity index is 1.42. The number of aromatic nitrogens is 3. The minimum Gasteiger partial charge on any atom is -0.484 e. The van der Waals surface area contributed by atoms with Gasteiger partial charge in [-0.25, -0.2) is 9.97 Å². The van der Waals surface area contributed by atoms with Crippen LogP contribution in [0.5, 0.6) is 5.75 Å². The van der Waals surface area contributed by atoms with Crippen LogP contribution in [0.25, 0.3) is 22.6 Å². The Labute approximate surface area is 214 Å². The fourth-order valence-corrected chi connectivity index (χ4v) is 4.56. The monoisotopic (exact) mass is 544 g/mol. The molecule has 1 unspecified atom stereocenters. The normalized spacial score (nSPS) is 15.8. The van der Waals surface area contributed by atoms with Crippen molar-refractivity contribution in [2.45, 2.75) is 38.3 Å². The number of H-pyrrole nitrogens is 1. The number of benzene rings is 1. The van der Waals surface area contributed by atoms with Crippen molar-refractivity contribution in [3.8, 4) is 17.1 Å². The Hall–Kier alpha value is -2.69. The van der Waals surface area contributed by atoms with Gasteiger partial charge in [0.15, 0.2) is 12.3 Å². The van der Waals surface area contributed by atoms with E-state index in [2.05, 4.69) is 48.5 Å². The van der Waals surface area contributed by atoms with Crippen LogP contribution in [0.1, 0.15) is 26.2 Å². The van der Waals surface area contributed by atoms with E-state index >= 15 is 0 Å². The fraction of sp³-hybridized carbons (Fsp3) is 0.480. The van der Waals surface area contributed by atoms with E-state index in [-0.39, 0.29) is 18.6 Å². The molecule has 0 aliphatic carbocycles. The molecular formula is C25H33BrN6O3. The molecule has 10 heteroatoms. The molecule has 3 aromatic rings. The molecule has 3 heterocycles. The van der Waals surface area contributed by atoms with E-state index in [1.807, 2.05) is 31.2 Å². The topological polar surface area (TPSA) is 104 Å². The maximum Gasteiger partial charge on any atom is 0.258 e. The van der Waals surface area contributed by atoms with Crippen molar-refractivity contribution < 1.29 is 14.3 Å². The van der Waals surface area contributed by atoms with Gasteiger partial charge in [0.2, 0.25) is 0 Å².